The van der Waals surface area contributed by atoms with Gasteiger partial charge >= 0.3 is 0 Å². The van der Waals surface area contributed by atoms with Crippen LogP contribution in [0, 0.1) is 0 Å². The average molecular weight is 287 g/mol. The lowest BCUT2D eigenvalue weighted by atomic mass is 10.1. The highest BCUT2D eigenvalue weighted by Crippen LogP contribution is 2.15. The summed E-state index contributed by atoms with van der Waals surface area (Å²) in [5.41, 5.74) is 7.88. The van der Waals surface area contributed by atoms with E-state index in [1.165, 1.54) is 0 Å². The van der Waals surface area contributed by atoms with Crippen molar-refractivity contribution in [1.82, 2.24) is 10.3 Å². The van der Waals surface area contributed by atoms with Crippen molar-refractivity contribution in [1.29, 1.82) is 0 Å². The van der Waals surface area contributed by atoms with Crippen molar-refractivity contribution >= 4 is 16.8 Å². The molecule has 0 spiro atoms. The first kappa shape index (κ1) is 15.4. The van der Waals surface area contributed by atoms with E-state index in [9.17, 15) is 4.79 Å². The van der Waals surface area contributed by atoms with Crippen LogP contribution in [-0.2, 0) is 16.0 Å². The van der Waals surface area contributed by atoms with Gasteiger partial charge in [0.2, 0.25) is 5.91 Å². The van der Waals surface area contributed by atoms with Gasteiger partial charge in [-0.2, -0.15) is 0 Å². The number of rotatable bonds is 7. The molecule has 0 aliphatic carbocycles. The summed E-state index contributed by atoms with van der Waals surface area (Å²) in [6.07, 6.45) is 3.04. The van der Waals surface area contributed by atoms with E-state index in [1.54, 1.807) is 13.3 Å². The van der Waals surface area contributed by atoms with Gasteiger partial charge in [-0.15, -0.1) is 0 Å². The first-order chi connectivity index (χ1) is 10.2. The first-order valence-electron chi connectivity index (χ1n) is 7.07. The van der Waals surface area contributed by atoms with Crippen LogP contribution >= 0.6 is 0 Å². The molecule has 1 heterocycles. The van der Waals surface area contributed by atoms with E-state index in [-0.39, 0.29) is 5.91 Å². The SMILES string of the molecule is COCCC(N)C(=O)NCCc1cccc2cccnc12. The number of carbonyl (C=O) groups is 1. The molecule has 2 rings (SSSR count). The fraction of sp³-hybridized carbons (Fsp3) is 0.375. The van der Waals surface area contributed by atoms with E-state index in [0.717, 1.165) is 22.9 Å². The zero-order valence-corrected chi connectivity index (χ0v) is 12.2. The van der Waals surface area contributed by atoms with Crippen LogP contribution in [0.2, 0.25) is 0 Å². The Morgan fingerprint density at radius 1 is 1.38 bits per heavy atom. The third-order valence-electron chi connectivity index (χ3n) is 3.38. The number of hydrogen-bond acceptors (Lipinski definition) is 4. The van der Waals surface area contributed by atoms with Crippen molar-refractivity contribution in [2.24, 2.45) is 5.73 Å². The second kappa shape index (κ2) is 7.71. The first-order valence-corrected chi connectivity index (χ1v) is 7.07. The molecule has 1 aromatic heterocycles. The monoisotopic (exact) mass is 287 g/mol. The number of carbonyl (C=O) groups excluding carboxylic acids is 1. The quantitative estimate of drug-likeness (QED) is 0.803. The van der Waals surface area contributed by atoms with Gasteiger partial charge in [0.15, 0.2) is 0 Å². The zero-order valence-electron chi connectivity index (χ0n) is 12.2. The number of methoxy groups -OCH3 is 1. The van der Waals surface area contributed by atoms with E-state index in [0.29, 0.717) is 19.6 Å². The highest BCUT2D eigenvalue weighted by atomic mass is 16.5. The Morgan fingerprint density at radius 3 is 3.00 bits per heavy atom. The normalized spacial score (nSPS) is 12.3. The lowest BCUT2D eigenvalue weighted by Gasteiger charge is -2.12. The molecule has 0 saturated heterocycles. The Labute approximate surface area is 124 Å². The van der Waals surface area contributed by atoms with Crippen LogP contribution in [-0.4, -0.2) is 37.2 Å². The maximum atomic E-state index is 11.8. The number of benzene rings is 1. The highest BCUT2D eigenvalue weighted by molar-refractivity contribution is 5.82. The van der Waals surface area contributed by atoms with Crippen LogP contribution in [0.25, 0.3) is 10.9 Å². The molecule has 0 saturated carbocycles. The third-order valence-corrected chi connectivity index (χ3v) is 3.38. The van der Waals surface area contributed by atoms with Crippen LogP contribution in [0.5, 0.6) is 0 Å². The maximum absolute atomic E-state index is 11.8. The molecule has 112 valence electrons. The minimum absolute atomic E-state index is 0.139. The zero-order chi connectivity index (χ0) is 15.1. The van der Waals surface area contributed by atoms with Gasteiger partial charge in [0.25, 0.3) is 0 Å². The van der Waals surface area contributed by atoms with Crippen LogP contribution in [0.3, 0.4) is 0 Å². The molecule has 0 fully saturated rings. The smallest absolute Gasteiger partial charge is 0.237 e. The predicted octanol–water partition coefficient (Wildman–Crippen LogP) is 1.26. The average Bonchev–Trinajstić information content (AvgIpc) is 2.52. The molecule has 1 atom stereocenters. The topological polar surface area (TPSA) is 77.2 Å². The number of nitrogens with one attached hydrogen (secondary N) is 1. The summed E-state index contributed by atoms with van der Waals surface area (Å²) in [5, 5.41) is 3.97. The second-order valence-corrected chi connectivity index (χ2v) is 4.92. The van der Waals surface area contributed by atoms with Gasteiger partial charge in [-0.1, -0.05) is 24.3 Å². The van der Waals surface area contributed by atoms with E-state index in [2.05, 4.69) is 10.3 Å². The molecule has 1 unspecified atom stereocenters. The second-order valence-electron chi connectivity index (χ2n) is 4.92. The van der Waals surface area contributed by atoms with Crippen LogP contribution < -0.4 is 11.1 Å². The maximum Gasteiger partial charge on any atom is 0.237 e. The molecule has 0 radical (unpaired) electrons. The number of nitrogens with two attached hydrogens (primary N) is 1. The fourth-order valence-electron chi connectivity index (χ4n) is 2.20. The van der Waals surface area contributed by atoms with E-state index in [1.807, 2.05) is 30.3 Å². The van der Waals surface area contributed by atoms with E-state index < -0.39 is 6.04 Å². The summed E-state index contributed by atoms with van der Waals surface area (Å²) >= 11 is 0. The minimum Gasteiger partial charge on any atom is -0.385 e. The molecule has 0 aliphatic rings. The number of amides is 1. The summed E-state index contributed by atoms with van der Waals surface area (Å²) < 4.78 is 4.92. The van der Waals surface area contributed by atoms with Crippen molar-refractivity contribution in [2.45, 2.75) is 18.9 Å². The fourth-order valence-corrected chi connectivity index (χ4v) is 2.20. The number of nitrogens with zero attached hydrogens (tertiary/aromatic N) is 1. The van der Waals surface area contributed by atoms with E-state index in [4.69, 9.17) is 10.5 Å². The third kappa shape index (κ3) is 4.24. The molecule has 3 N–H and O–H groups in total. The lowest BCUT2D eigenvalue weighted by molar-refractivity contribution is -0.122. The Balaban J connectivity index is 1.89. The number of aromatic nitrogens is 1. The van der Waals surface area contributed by atoms with E-state index >= 15 is 0 Å². The highest BCUT2D eigenvalue weighted by Gasteiger charge is 2.12. The van der Waals surface area contributed by atoms with Crippen molar-refractivity contribution in [3.05, 3.63) is 42.1 Å². The van der Waals surface area contributed by atoms with Gasteiger partial charge in [-0.25, -0.2) is 0 Å². The summed E-state index contributed by atoms with van der Waals surface area (Å²) in [6, 6.07) is 9.51. The molecular formula is C16H21N3O2. The van der Waals surface area contributed by atoms with Crippen molar-refractivity contribution in [2.75, 3.05) is 20.3 Å². The van der Waals surface area contributed by atoms with Crippen LogP contribution in [0.1, 0.15) is 12.0 Å². The summed E-state index contributed by atoms with van der Waals surface area (Å²) in [6.45, 7) is 1.04. The summed E-state index contributed by atoms with van der Waals surface area (Å²) in [7, 11) is 1.60. The number of hydrogen-bond donors (Lipinski definition) is 2. The van der Waals surface area contributed by atoms with Gasteiger partial charge in [-0.3, -0.25) is 9.78 Å². The van der Waals surface area contributed by atoms with Crippen molar-refractivity contribution in [3.63, 3.8) is 0 Å². The van der Waals surface area contributed by atoms with Gasteiger partial charge in [0.1, 0.15) is 0 Å². The molecule has 5 nitrogen and oxygen atoms in total. The molecule has 0 bridgehead atoms. The lowest BCUT2D eigenvalue weighted by Crippen LogP contribution is -2.41. The summed E-state index contributed by atoms with van der Waals surface area (Å²) in [4.78, 5) is 16.2. The standard InChI is InChI=1S/C16H21N3O2/c1-21-11-8-14(17)16(20)19-10-7-13-5-2-4-12-6-3-9-18-15(12)13/h2-6,9,14H,7-8,10-11,17H2,1H3,(H,19,20). The Kier molecular flexibility index (Phi) is 5.66. The molecule has 0 aliphatic heterocycles. The minimum atomic E-state index is -0.518. The molecule has 21 heavy (non-hydrogen) atoms. The number of pyridine rings is 1. The largest absolute Gasteiger partial charge is 0.385 e. The molecular weight excluding hydrogens is 266 g/mol. The van der Waals surface area contributed by atoms with Gasteiger partial charge < -0.3 is 15.8 Å². The van der Waals surface area contributed by atoms with Gasteiger partial charge in [-0.05, 0) is 24.5 Å². The Hall–Kier alpha value is -1.98. The molecule has 5 heteroatoms. The van der Waals surface area contributed by atoms with Crippen molar-refractivity contribution in [3.8, 4) is 0 Å². The number of para-hydroxylation sites is 1. The molecule has 2 aromatic rings. The Bertz CT molecular complexity index is 596. The number of ether oxygens (including phenoxy) is 1. The van der Waals surface area contributed by atoms with Gasteiger partial charge in [0.05, 0.1) is 11.6 Å². The molecule has 1 aromatic carbocycles. The van der Waals surface area contributed by atoms with Crippen LogP contribution in [0.15, 0.2) is 36.5 Å². The van der Waals surface area contributed by atoms with Crippen molar-refractivity contribution < 1.29 is 9.53 Å². The molecule has 1 amide bonds. The Morgan fingerprint density at radius 2 is 2.19 bits per heavy atom. The van der Waals surface area contributed by atoms with Gasteiger partial charge in [0, 0.05) is 31.8 Å². The summed E-state index contributed by atoms with van der Waals surface area (Å²) in [5.74, 6) is -0.139. The predicted molar refractivity (Wildman–Crippen MR) is 82.9 cm³/mol. The number of fused-ring (bicyclic) bond motifs is 1. The van der Waals surface area contributed by atoms with Crippen LogP contribution in [0.4, 0.5) is 0 Å².